The third-order valence-electron chi connectivity index (χ3n) is 4.06. The van der Waals surface area contributed by atoms with Crippen LogP contribution in [0.3, 0.4) is 0 Å². The first kappa shape index (κ1) is 16.5. The Morgan fingerprint density at radius 1 is 1.20 bits per heavy atom. The number of carbonyl (C=O) groups excluding carboxylic acids is 1. The first-order valence-corrected chi connectivity index (χ1v) is 7.94. The van der Waals surface area contributed by atoms with Crippen LogP contribution in [0.15, 0.2) is 60.8 Å². The Labute approximate surface area is 146 Å². The maximum Gasteiger partial charge on any atom is 0.257 e. The standard InChI is InChI=1S/C20H18N4O/c1-15-19(13-22-24(15)18-9-4-3-5-10-18)20(25)23(2)14-17-8-6-7-16(11-17)12-21/h3-11,13H,14H2,1-2H3. The number of para-hydroxylation sites is 1. The molecule has 1 aromatic heterocycles. The number of nitrogens with zero attached hydrogens (tertiary/aromatic N) is 4. The molecule has 0 saturated heterocycles. The zero-order chi connectivity index (χ0) is 17.8. The van der Waals surface area contributed by atoms with Crippen molar-refractivity contribution in [3.63, 3.8) is 0 Å². The Kier molecular flexibility index (Phi) is 4.62. The third kappa shape index (κ3) is 3.43. The molecule has 124 valence electrons. The van der Waals surface area contributed by atoms with Gasteiger partial charge in [0.05, 0.1) is 34.8 Å². The van der Waals surface area contributed by atoms with Crippen molar-refractivity contribution in [3.05, 3.63) is 83.2 Å². The second kappa shape index (κ2) is 7.02. The van der Waals surface area contributed by atoms with Gasteiger partial charge in [-0.2, -0.15) is 10.4 Å². The molecular weight excluding hydrogens is 312 g/mol. The molecule has 1 heterocycles. The van der Waals surface area contributed by atoms with E-state index in [2.05, 4.69) is 11.2 Å². The van der Waals surface area contributed by atoms with Crippen LogP contribution in [0.25, 0.3) is 5.69 Å². The van der Waals surface area contributed by atoms with Gasteiger partial charge in [0.15, 0.2) is 0 Å². The van der Waals surface area contributed by atoms with Crippen molar-refractivity contribution in [2.75, 3.05) is 7.05 Å². The van der Waals surface area contributed by atoms with Crippen LogP contribution in [-0.4, -0.2) is 27.6 Å². The Morgan fingerprint density at radius 2 is 1.96 bits per heavy atom. The number of nitriles is 1. The van der Waals surface area contributed by atoms with E-state index in [0.717, 1.165) is 16.9 Å². The summed E-state index contributed by atoms with van der Waals surface area (Å²) in [6.07, 6.45) is 1.60. The summed E-state index contributed by atoms with van der Waals surface area (Å²) in [5.74, 6) is -0.0953. The van der Waals surface area contributed by atoms with Crippen LogP contribution in [0.1, 0.15) is 27.2 Å². The van der Waals surface area contributed by atoms with E-state index in [0.29, 0.717) is 17.7 Å². The first-order chi connectivity index (χ1) is 12.1. The highest BCUT2D eigenvalue weighted by Gasteiger charge is 2.19. The lowest BCUT2D eigenvalue weighted by Crippen LogP contribution is -2.26. The lowest BCUT2D eigenvalue weighted by atomic mass is 10.1. The van der Waals surface area contributed by atoms with Gasteiger partial charge in [-0.25, -0.2) is 4.68 Å². The van der Waals surface area contributed by atoms with Gasteiger partial charge in [0.2, 0.25) is 0 Å². The van der Waals surface area contributed by atoms with Crippen LogP contribution < -0.4 is 0 Å². The molecule has 0 bridgehead atoms. The quantitative estimate of drug-likeness (QED) is 0.737. The molecule has 3 rings (SSSR count). The van der Waals surface area contributed by atoms with Gasteiger partial charge in [0.1, 0.15) is 0 Å². The highest BCUT2D eigenvalue weighted by Crippen LogP contribution is 2.16. The number of hydrogen-bond donors (Lipinski definition) is 0. The van der Waals surface area contributed by atoms with Crippen molar-refractivity contribution in [1.29, 1.82) is 5.26 Å². The topological polar surface area (TPSA) is 61.9 Å². The lowest BCUT2D eigenvalue weighted by Gasteiger charge is -2.17. The van der Waals surface area contributed by atoms with Crippen molar-refractivity contribution in [3.8, 4) is 11.8 Å². The van der Waals surface area contributed by atoms with E-state index in [-0.39, 0.29) is 5.91 Å². The second-order valence-corrected chi connectivity index (χ2v) is 5.86. The zero-order valence-corrected chi connectivity index (χ0v) is 14.2. The number of hydrogen-bond acceptors (Lipinski definition) is 3. The van der Waals surface area contributed by atoms with E-state index in [1.165, 1.54) is 0 Å². The van der Waals surface area contributed by atoms with Crippen LogP contribution in [0.5, 0.6) is 0 Å². The van der Waals surface area contributed by atoms with E-state index < -0.39 is 0 Å². The average molecular weight is 330 g/mol. The summed E-state index contributed by atoms with van der Waals surface area (Å²) in [5, 5.41) is 13.3. The Bertz CT molecular complexity index is 938. The highest BCUT2D eigenvalue weighted by atomic mass is 16.2. The van der Waals surface area contributed by atoms with Gasteiger partial charge in [-0.1, -0.05) is 30.3 Å². The smallest absolute Gasteiger partial charge is 0.257 e. The summed E-state index contributed by atoms with van der Waals surface area (Å²) in [5.41, 5.74) is 3.80. The van der Waals surface area contributed by atoms with Crippen molar-refractivity contribution in [2.24, 2.45) is 0 Å². The Balaban J connectivity index is 1.81. The predicted molar refractivity (Wildman–Crippen MR) is 95.3 cm³/mol. The van der Waals surface area contributed by atoms with Crippen LogP contribution in [0, 0.1) is 18.3 Å². The molecule has 0 unspecified atom stereocenters. The van der Waals surface area contributed by atoms with E-state index in [1.54, 1.807) is 35.0 Å². The number of amides is 1. The SMILES string of the molecule is Cc1c(C(=O)N(C)Cc2cccc(C#N)c2)cnn1-c1ccccc1. The molecule has 0 spiro atoms. The summed E-state index contributed by atoms with van der Waals surface area (Å²) < 4.78 is 1.76. The maximum absolute atomic E-state index is 12.8. The highest BCUT2D eigenvalue weighted by molar-refractivity contribution is 5.95. The minimum absolute atomic E-state index is 0.0953. The van der Waals surface area contributed by atoms with E-state index in [4.69, 9.17) is 5.26 Å². The molecule has 0 N–H and O–H groups in total. The molecule has 5 nitrogen and oxygen atoms in total. The monoisotopic (exact) mass is 330 g/mol. The normalized spacial score (nSPS) is 10.3. The fourth-order valence-electron chi connectivity index (χ4n) is 2.74. The molecule has 3 aromatic rings. The summed E-state index contributed by atoms with van der Waals surface area (Å²) >= 11 is 0. The molecule has 0 aliphatic rings. The zero-order valence-electron chi connectivity index (χ0n) is 14.2. The molecule has 0 atom stereocenters. The van der Waals surface area contributed by atoms with Gasteiger partial charge < -0.3 is 4.90 Å². The molecule has 0 fully saturated rings. The van der Waals surface area contributed by atoms with Crippen LogP contribution in [0.2, 0.25) is 0 Å². The van der Waals surface area contributed by atoms with Crippen LogP contribution >= 0.6 is 0 Å². The van der Waals surface area contributed by atoms with Crippen LogP contribution in [0.4, 0.5) is 0 Å². The van der Waals surface area contributed by atoms with Gasteiger partial charge in [0.25, 0.3) is 5.91 Å². The second-order valence-electron chi connectivity index (χ2n) is 5.86. The van der Waals surface area contributed by atoms with Gasteiger partial charge in [-0.3, -0.25) is 4.79 Å². The van der Waals surface area contributed by atoms with Gasteiger partial charge >= 0.3 is 0 Å². The number of aromatic nitrogens is 2. The Hall–Kier alpha value is -3.39. The summed E-state index contributed by atoms with van der Waals surface area (Å²) in [6.45, 7) is 2.32. The minimum atomic E-state index is -0.0953. The van der Waals surface area contributed by atoms with E-state index in [9.17, 15) is 4.79 Å². The van der Waals surface area contributed by atoms with Crippen molar-refractivity contribution in [2.45, 2.75) is 13.5 Å². The first-order valence-electron chi connectivity index (χ1n) is 7.94. The molecule has 0 saturated carbocycles. The lowest BCUT2D eigenvalue weighted by molar-refractivity contribution is 0.0784. The van der Waals surface area contributed by atoms with Gasteiger partial charge in [-0.15, -0.1) is 0 Å². The molecule has 0 radical (unpaired) electrons. The molecule has 1 amide bonds. The molecule has 25 heavy (non-hydrogen) atoms. The third-order valence-corrected chi connectivity index (χ3v) is 4.06. The largest absolute Gasteiger partial charge is 0.337 e. The molecular formula is C20H18N4O. The molecule has 2 aromatic carbocycles. The number of carbonyl (C=O) groups is 1. The molecule has 0 aliphatic heterocycles. The molecule has 0 aliphatic carbocycles. The summed E-state index contributed by atoms with van der Waals surface area (Å²) in [4.78, 5) is 14.4. The van der Waals surface area contributed by atoms with Crippen molar-refractivity contribution >= 4 is 5.91 Å². The number of rotatable bonds is 4. The molecule has 5 heteroatoms. The predicted octanol–water partition coefficient (Wildman–Crippen LogP) is 3.32. The maximum atomic E-state index is 12.8. The van der Waals surface area contributed by atoms with Crippen molar-refractivity contribution < 1.29 is 4.79 Å². The minimum Gasteiger partial charge on any atom is -0.337 e. The van der Waals surface area contributed by atoms with Gasteiger partial charge in [-0.05, 0) is 36.8 Å². The van der Waals surface area contributed by atoms with Crippen LogP contribution in [-0.2, 0) is 6.54 Å². The summed E-state index contributed by atoms with van der Waals surface area (Å²) in [6, 6.07) is 19.1. The Morgan fingerprint density at radius 3 is 2.68 bits per heavy atom. The number of benzene rings is 2. The summed E-state index contributed by atoms with van der Waals surface area (Å²) in [7, 11) is 1.75. The average Bonchev–Trinajstić information content (AvgIpc) is 3.03. The van der Waals surface area contributed by atoms with E-state index >= 15 is 0 Å². The van der Waals surface area contributed by atoms with Crippen molar-refractivity contribution in [1.82, 2.24) is 14.7 Å². The van der Waals surface area contributed by atoms with E-state index in [1.807, 2.05) is 49.4 Å². The van der Waals surface area contributed by atoms with Gasteiger partial charge in [0, 0.05) is 13.6 Å². The fraction of sp³-hybridized carbons (Fsp3) is 0.150. The fourth-order valence-corrected chi connectivity index (χ4v) is 2.74.